The average molecular weight is 405 g/mol. The Bertz CT molecular complexity index is 1070. The highest BCUT2D eigenvalue weighted by atomic mass is 19.1. The topological polar surface area (TPSA) is 88.9 Å². The van der Waals surface area contributed by atoms with Gasteiger partial charge in [0.15, 0.2) is 0 Å². The second-order valence-electron chi connectivity index (χ2n) is 7.65. The number of nitrogens with one attached hydrogen (secondary N) is 1. The van der Waals surface area contributed by atoms with E-state index in [-0.39, 0.29) is 11.6 Å². The van der Waals surface area contributed by atoms with Crippen LogP contribution in [0.1, 0.15) is 24.8 Å². The number of nitriles is 1. The molecule has 0 bridgehead atoms. The molecule has 1 aliphatic carbocycles. The average Bonchev–Trinajstić information content (AvgIpc) is 3.38. The predicted molar refractivity (Wildman–Crippen MR) is 114 cm³/mol. The van der Waals surface area contributed by atoms with Gasteiger partial charge in [-0.2, -0.15) is 5.26 Å². The molecule has 3 aromatic rings. The van der Waals surface area contributed by atoms with E-state index < -0.39 is 5.82 Å². The van der Waals surface area contributed by atoms with Crippen molar-refractivity contribution in [2.45, 2.75) is 25.3 Å². The van der Waals surface area contributed by atoms with Gasteiger partial charge in [0, 0.05) is 24.2 Å². The lowest BCUT2D eigenvalue weighted by atomic mass is 10.1. The second-order valence-corrected chi connectivity index (χ2v) is 7.65. The first-order valence-corrected chi connectivity index (χ1v) is 10.0. The van der Waals surface area contributed by atoms with Gasteiger partial charge >= 0.3 is 0 Å². The summed E-state index contributed by atoms with van der Waals surface area (Å²) in [7, 11) is 1.62. The van der Waals surface area contributed by atoms with E-state index in [1.165, 1.54) is 12.1 Å². The minimum atomic E-state index is -0.549. The van der Waals surface area contributed by atoms with Gasteiger partial charge in [-0.15, -0.1) is 5.10 Å². The van der Waals surface area contributed by atoms with Crippen molar-refractivity contribution in [3.05, 3.63) is 59.9 Å². The quantitative estimate of drug-likeness (QED) is 0.645. The number of rotatable bonds is 6. The number of halogens is 1. The van der Waals surface area contributed by atoms with Crippen LogP contribution in [0.15, 0.2) is 48.5 Å². The number of aromatic nitrogens is 2. The molecule has 4 rings (SSSR count). The molecule has 0 saturated heterocycles. The smallest absolute Gasteiger partial charge is 0.149 e. The molecule has 1 heterocycles. The minimum absolute atomic E-state index is 0.0187. The summed E-state index contributed by atoms with van der Waals surface area (Å²) in [5, 5.41) is 17.1. The van der Waals surface area contributed by atoms with Crippen molar-refractivity contribution in [3.8, 4) is 28.8 Å². The highest BCUT2D eigenvalue weighted by Gasteiger charge is 2.22. The summed E-state index contributed by atoms with van der Waals surface area (Å²) in [5.41, 5.74) is 8.24. The van der Waals surface area contributed by atoms with Gasteiger partial charge in [-0.1, -0.05) is 6.07 Å². The van der Waals surface area contributed by atoms with E-state index in [1.54, 1.807) is 17.9 Å². The van der Waals surface area contributed by atoms with E-state index in [2.05, 4.69) is 5.32 Å². The highest BCUT2D eigenvalue weighted by molar-refractivity contribution is 5.67. The zero-order valence-electron chi connectivity index (χ0n) is 16.8. The van der Waals surface area contributed by atoms with Crippen LogP contribution in [0, 0.1) is 23.1 Å². The molecule has 1 saturated carbocycles. The fourth-order valence-electron chi connectivity index (χ4n) is 3.91. The van der Waals surface area contributed by atoms with Crippen molar-refractivity contribution < 1.29 is 9.13 Å². The van der Waals surface area contributed by atoms with Gasteiger partial charge in [-0.05, 0) is 61.6 Å². The van der Waals surface area contributed by atoms with E-state index in [4.69, 9.17) is 20.8 Å². The lowest BCUT2D eigenvalue weighted by Gasteiger charge is -2.10. The molecule has 154 valence electrons. The van der Waals surface area contributed by atoms with Crippen LogP contribution in [0.3, 0.4) is 0 Å². The van der Waals surface area contributed by atoms with Crippen molar-refractivity contribution in [3.63, 3.8) is 0 Å². The molecule has 0 radical (unpaired) electrons. The van der Waals surface area contributed by atoms with Gasteiger partial charge in [0.05, 0.1) is 24.1 Å². The molecule has 1 fully saturated rings. The second kappa shape index (κ2) is 8.56. The van der Waals surface area contributed by atoms with Gasteiger partial charge in [0.1, 0.15) is 23.5 Å². The molecule has 2 aromatic carbocycles. The molecule has 6 nitrogen and oxygen atoms in total. The molecule has 0 amide bonds. The van der Waals surface area contributed by atoms with Gasteiger partial charge < -0.3 is 15.8 Å². The summed E-state index contributed by atoms with van der Waals surface area (Å²) in [4.78, 5) is 0. The van der Waals surface area contributed by atoms with Crippen molar-refractivity contribution in [1.29, 1.82) is 5.26 Å². The molecule has 7 heteroatoms. The summed E-state index contributed by atoms with van der Waals surface area (Å²) >= 11 is 0. The molecular formula is C23H24FN5O. The zero-order valence-corrected chi connectivity index (χ0v) is 16.8. The van der Waals surface area contributed by atoms with E-state index in [0.717, 1.165) is 42.9 Å². The normalized spacial score (nSPS) is 18.2. The first-order chi connectivity index (χ1) is 14.6. The van der Waals surface area contributed by atoms with Crippen molar-refractivity contribution in [2.24, 2.45) is 11.7 Å². The molecule has 1 aliphatic rings. The fraction of sp³-hybridized carbons (Fsp3) is 0.304. The maximum absolute atomic E-state index is 14.3. The van der Waals surface area contributed by atoms with Gasteiger partial charge in [-0.25, -0.2) is 9.07 Å². The molecule has 0 aliphatic heterocycles. The number of nitrogens with zero attached hydrogens (tertiary/aromatic N) is 3. The Morgan fingerprint density at radius 3 is 2.67 bits per heavy atom. The Balaban J connectivity index is 1.67. The van der Waals surface area contributed by atoms with Crippen molar-refractivity contribution in [1.82, 2.24) is 9.78 Å². The van der Waals surface area contributed by atoms with Crippen LogP contribution in [0.5, 0.6) is 5.75 Å². The molecule has 0 unspecified atom stereocenters. The van der Waals surface area contributed by atoms with E-state index in [1.807, 2.05) is 36.4 Å². The Hall–Kier alpha value is -3.37. The first-order valence-electron chi connectivity index (χ1n) is 10.0. The number of anilines is 1. The lowest BCUT2D eigenvalue weighted by Crippen LogP contribution is -2.17. The number of ether oxygens (including phenoxy) is 1. The predicted octanol–water partition coefficient (Wildman–Crippen LogP) is 4.10. The van der Waals surface area contributed by atoms with Crippen LogP contribution in [-0.2, 0) is 0 Å². The van der Waals surface area contributed by atoms with Crippen molar-refractivity contribution >= 4 is 5.82 Å². The summed E-state index contributed by atoms with van der Waals surface area (Å²) < 4.78 is 21.3. The number of benzene rings is 2. The van der Waals surface area contributed by atoms with Gasteiger partial charge in [0.2, 0.25) is 0 Å². The fourth-order valence-corrected chi connectivity index (χ4v) is 3.91. The third-order valence-electron chi connectivity index (χ3n) is 5.57. The van der Waals surface area contributed by atoms with E-state index in [0.29, 0.717) is 17.3 Å². The van der Waals surface area contributed by atoms with E-state index >= 15 is 0 Å². The third-order valence-corrected chi connectivity index (χ3v) is 5.57. The Morgan fingerprint density at radius 2 is 2.03 bits per heavy atom. The van der Waals surface area contributed by atoms with Crippen molar-refractivity contribution in [2.75, 3.05) is 19.0 Å². The van der Waals surface area contributed by atoms with Gasteiger partial charge in [-0.3, -0.25) is 0 Å². The van der Waals surface area contributed by atoms with E-state index in [9.17, 15) is 4.39 Å². The molecule has 0 spiro atoms. The molecule has 1 aromatic heterocycles. The highest BCUT2D eigenvalue weighted by Crippen LogP contribution is 2.29. The molecule has 2 atom stereocenters. The largest absolute Gasteiger partial charge is 0.497 e. The SMILES string of the molecule is COc1ccc(-n2nc(NC[C@H]3CC[C@@H](N)C3)cc2-c2ccc(C#N)c(F)c2)cc1. The number of hydrogen-bond donors (Lipinski definition) is 2. The third kappa shape index (κ3) is 4.14. The molecule has 3 N–H and O–H groups in total. The summed E-state index contributed by atoms with van der Waals surface area (Å²) in [6.07, 6.45) is 3.18. The summed E-state index contributed by atoms with van der Waals surface area (Å²) in [6, 6.07) is 16.1. The van der Waals surface area contributed by atoms with Gasteiger partial charge in [0.25, 0.3) is 0 Å². The standard InChI is InChI=1S/C23H24FN5O/c1-30-20-8-6-19(7-9-20)29-22(16-3-4-17(13-25)21(24)11-16)12-23(28-29)27-14-15-2-5-18(26)10-15/h3-4,6-9,11-12,15,18H,2,5,10,14,26H2,1H3,(H,27,28)/t15-,18+/m0/s1. The maximum atomic E-state index is 14.3. The first kappa shape index (κ1) is 19.9. The number of nitrogens with two attached hydrogens (primary N) is 1. The Labute approximate surface area is 175 Å². The Kier molecular flexibility index (Phi) is 5.68. The number of methoxy groups -OCH3 is 1. The van der Waals surface area contributed by atoms with Crippen LogP contribution in [0.2, 0.25) is 0 Å². The Morgan fingerprint density at radius 1 is 1.23 bits per heavy atom. The number of hydrogen-bond acceptors (Lipinski definition) is 5. The monoisotopic (exact) mass is 405 g/mol. The van der Waals surface area contributed by atoms with Crippen LogP contribution in [0.4, 0.5) is 10.2 Å². The van der Waals surface area contributed by atoms with Crippen LogP contribution < -0.4 is 15.8 Å². The van der Waals surface area contributed by atoms with Crippen LogP contribution in [0.25, 0.3) is 16.9 Å². The zero-order chi connectivity index (χ0) is 21.1. The maximum Gasteiger partial charge on any atom is 0.149 e. The summed E-state index contributed by atoms with van der Waals surface area (Å²) in [6.45, 7) is 0.800. The summed E-state index contributed by atoms with van der Waals surface area (Å²) in [5.74, 6) is 1.44. The van der Waals surface area contributed by atoms with Crippen LogP contribution in [-0.4, -0.2) is 29.5 Å². The molecular weight excluding hydrogens is 381 g/mol. The lowest BCUT2D eigenvalue weighted by molar-refractivity contribution is 0.414. The van der Waals surface area contributed by atoms with Crippen LogP contribution >= 0.6 is 0 Å². The minimum Gasteiger partial charge on any atom is -0.497 e. The molecule has 30 heavy (non-hydrogen) atoms.